The minimum Gasteiger partial charge on any atom is -0.481 e. The van der Waals surface area contributed by atoms with E-state index in [1.165, 1.54) is 0 Å². The number of carboxylic acids is 1. The third kappa shape index (κ3) is 1.25. The van der Waals surface area contributed by atoms with Gasteiger partial charge in [-0.3, -0.25) is 4.79 Å². The molecular formula is C9H11NO2S. The van der Waals surface area contributed by atoms with Crippen molar-refractivity contribution in [3.63, 3.8) is 0 Å². The number of thiazole rings is 1. The molecule has 0 bridgehead atoms. The highest BCUT2D eigenvalue weighted by Crippen LogP contribution is 2.48. The zero-order chi connectivity index (χ0) is 9.47. The lowest BCUT2D eigenvalue weighted by Gasteiger charge is -2.03. The molecule has 1 heterocycles. The van der Waals surface area contributed by atoms with Crippen LogP contribution < -0.4 is 0 Å². The number of aromatic nitrogens is 1. The predicted molar refractivity (Wildman–Crippen MR) is 50.0 cm³/mol. The molecule has 1 fully saturated rings. The topological polar surface area (TPSA) is 50.2 Å². The van der Waals surface area contributed by atoms with Crippen molar-refractivity contribution in [1.29, 1.82) is 0 Å². The SMILES string of the molecule is CCc1nc(C2(C(=O)O)CC2)cs1. The summed E-state index contributed by atoms with van der Waals surface area (Å²) in [5, 5.41) is 11.9. The van der Waals surface area contributed by atoms with Crippen molar-refractivity contribution in [1.82, 2.24) is 4.98 Å². The number of aliphatic carboxylic acids is 1. The van der Waals surface area contributed by atoms with Crippen molar-refractivity contribution in [3.05, 3.63) is 16.1 Å². The summed E-state index contributed by atoms with van der Waals surface area (Å²) in [6.45, 7) is 2.03. The molecule has 4 heteroatoms. The van der Waals surface area contributed by atoms with Gasteiger partial charge in [-0.1, -0.05) is 6.92 Å². The number of carboxylic acid groups (broad SMARTS) is 1. The van der Waals surface area contributed by atoms with E-state index in [4.69, 9.17) is 5.11 Å². The van der Waals surface area contributed by atoms with Crippen molar-refractivity contribution < 1.29 is 9.90 Å². The van der Waals surface area contributed by atoms with E-state index in [0.29, 0.717) is 0 Å². The summed E-state index contributed by atoms with van der Waals surface area (Å²) in [6.07, 6.45) is 2.38. The van der Waals surface area contributed by atoms with E-state index in [1.54, 1.807) is 11.3 Å². The summed E-state index contributed by atoms with van der Waals surface area (Å²) in [4.78, 5) is 15.3. The van der Waals surface area contributed by atoms with Gasteiger partial charge < -0.3 is 5.11 Å². The average Bonchev–Trinajstić information content (AvgIpc) is 2.79. The smallest absolute Gasteiger partial charge is 0.315 e. The Bertz CT molecular complexity index is 341. The Kier molecular flexibility index (Phi) is 1.87. The van der Waals surface area contributed by atoms with Crippen LogP contribution in [0.1, 0.15) is 30.5 Å². The summed E-state index contributed by atoms with van der Waals surface area (Å²) >= 11 is 1.56. The van der Waals surface area contributed by atoms with Gasteiger partial charge in [0, 0.05) is 5.38 Å². The Morgan fingerprint density at radius 3 is 2.85 bits per heavy atom. The Morgan fingerprint density at radius 2 is 2.46 bits per heavy atom. The van der Waals surface area contributed by atoms with Crippen LogP contribution in [-0.4, -0.2) is 16.1 Å². The first-order chi connectivity index (χ1) is 6.19. The molecule has 0 radical (unpaired) electrons. The van der Waals surface area contributed by atoms with Crippen molar-refractivity contribution >= 4 is 17.3 Å². The van der Waals surface area contributed by atoms with Gasteiger partial charge in [0.2, 0.25) is 0 Å². The lowest BCUT2D eigenvalue weighted by atomic mass is 10.1. The van der Waals surface area contributed by atoms with Gasteiger partial charge in [0.25, 0.3) is 0 Å². The highest BCUT2D eigenvalue weighted by Gasteiger charge is 2.53. The second-order valence-corrected chi connectivity index (χ2v) is 4.31. The number of rotatable bonds is 3. The third-order valence-electron chi connectivity index (χ3n) is 2.50. The van der Waals surface area contributed by atoms with Crippen molar-refractivity contribution in [2.75, 3.05) is 0 Å². The molecule has 0 spiro atoms. The third-order valence-corrected chi connectivity index (χ3v) is 3.50. The zero-order valence-corrected chi connectivity index (χ0v) is 8.23. The van der Waals surface area contributed by atoms with Crippen molar-refractivity contribution in [3.8, 4) is 0 Å². The molecule has 13 heavy (non-hydrogen) atoms. The van der Waals surface area contributed by atoms with Gasteiger partial charge in [0.05, 0.1) is 10.7 Å². The molecule has 1 aromatic heterocycles. The van der Waals surface area contributed by atoms with Crippen LogP contribution in [0.3, 0.4) is 0 Å². The van der Waals surface area contributed by atoms with Gasteiger partial charge in [-0.05, 0) is 19.3 Å². The first-order valence-corrected chi connectivity index (χ1v) is 5.25. The van der Waals surface area contributed by atoms with E-state index in [9.17, 15) is 4.79 Å². The molecule has 0 aromatic carbocycles. The van der Waals surface area contributed by atoms with Crippen LogP contribution in [0.5, 0.6) is 0 Å². The van der Waals surface area contributed by atoms with Crippen LogP contribution >= 0.6 is 11.3 Å². The van der Waals surface area contributed by atoms with Gasteiger partial charge in [0.15, 0.2) is 0 Å². The fourth-order valence-electron chi connectivity index (χ4n) is 1.40. The molecule has 0 atom stereocenters. The average molecular weight is 197 g/mol. The van der Waals surface area contributed by atoms with E-state index < -0.39 is 11.4 Å². The Morgan fingerprint density at radius 1 is 1.77 bits per heavy atom. The van der Waals surface area contributed by atoms with Gasteiger partial charge in [-0.25, -0.2) is 4.98 Å². The molecular weight excluding hydrogens is 186 g/mol. The minimum atomic E-state index is -0.722. The van der Waals surface area contributed by atoms with Crippen molar-refractivity contribution in [2.24, 2.45) is 0 Å². The number of carbonyl (C=O) groups is 1. The summed E-state index contributed by atoms with van der Waals surface area (Å²) in [5.41, 5.74) is 0.144. The molecule has 1 saturated carbocycles. The van der Waals surface area contributed by atoms with Crippen LogP contribution in [0.4, 0.5) is 0 Å². The molecule has 0 aliphatic heterocycles. The lowest BCUT2D eigenvalue weighted by Crippen LogP contribution is -2.19. The maximum absolute atomic E-state index is 10.9. The molecule has 0 amide bonds. The van der Waals surface area contributed by atoms with Gasteiger partial charge >= 0.3 is 5.97 Å². The molecule has 1 aliphatic rings. The van der Waals surface area contributed by atoms with E-state index in [-0.39, 0.29) is 0 Å². The van der Waals surface area contributed by atoms with E-state index >= 15 is 0 Å². The van der Waals surface area contributed by atoms with Crippen molar-refractivity contribution in [2.45, 2.75) is 31.6 Å². The number of hydrogen-bond acceptors (Lipinski definition) is 3. The van der Waals surface area contributed by atoms with E-state index in [2.05, 4.69) is 4.98 Å². The molecule has 1 aliphatic carbocycles. The second-order valence-electron chi connectivity index (χ2n) is 3.37. The Balaban J connectivity index is 2.30. The molecule has 2 rings (SSSR count). The summed E-state index contributed by atoms with van der Waals surface area (Å²) < 4.78 is 0. The largest absolute Gasteiger partial charge is 0.481 e. The molecule has 1 N–H and O–H groups in total. The fraction of sp³-hybridized carbons (Fsp3) is 0.556. The molecule has 0 saturated heterocycles. The van der Waals surface area contributed by atoms with Gasteiger partial charge in [-0.15, -0.1) is 11.3 Å². The Hall–Kier alpha value is -0.900. The standard InChI is InChI=1S/C9H11NO2S/c1-2-7-10-6(5-13-7)9(3-4-9)8(11)12/h5H,2-4H2,1H3,(H,11,12). The van der Waals surface area contributed by atoms with Gasteiger partial charge in [-0.2, -0.15) is 0 Å². The Labute approximate surface area is 80.4 Å². The first kappa shape index (κ1) is 8.69. The maximum Gasteiger partial charge on any atom is 0.315 e. The number of hydrogen-bond donors (Lipinski definition) is 1. The zero-order valence-electron chi connectivity index (χ0n) is 7.41. The number of aryl methyl sites for hydroxylation is 1. The maximum atomic E-state index is 10.9. The van der Waals surface area contributed by atoms with E-state index in [1.807, 2.05) is 12.3 Å². The first-order valence-electron chi connectivity index (χ1n) is 4.37. The second kappa shape index (κ2) is 2.80. The van der Waals surface area contributed by atoms with Crippen LogP contribution in [0.2, 0.25) is 0 Å². The van der Waals surface area contributed by atoms with Crippen LogP contribution in [-0.2, 0) is 16.6 Å². The van der Waals surface area contributed by atoms with E-state index in [0.717, 1.165) is 30.0 Å². The summed E-state index contributed by atoms with van der Waals surface area (Å²) in [7, 11) is 0. The minimum absolute atomic E-state index is 0.621. The van der Waals surface area contributed by atoms with Gasteiger partial charge in [0.1, 0.15) is 5.41 Å². The fourth-order valence-corrected chi connectivity index (χ4v) is 2.24. The molecule has 3 nitrogen and oxygen atoms in total. The molecule has 1 aromatic rings. The normalized spacial score (nSPS) is 18.5. The van der Waals surface area contributed by atoms with Crippen LogP contribution in [0.15, 0.2) is 5.38 Å². The molecule has 0 unspecified atom stereocenters. The van der Waals surface area contributed by atoms with Crippen LogP contribution in [0, 0.1) is 0 Å². The quantitative estimate of drug-likeness (QED) is 0.804. The highest BCUT2D eigenvalue weighted by molar-refractivity contribution is 7.09. The predicted octanol–water partition coefficient (Wildman–Crippen LogP) is 1.82. The summed E-state index contributed by atoms with van der Waals surface area (Å²) in [5.74, 6) is -0.722. The van der Waals surface area contributed by atoms with Crippen LogP contribution in [0.25, 0.3) is 0 Å². The monoisotopic (exact) mass is 197 g/mol. The number of nitrogens with zero attached hydrogens (tertiary/aromatic N) is 1. The molecule has 70 valence electrons. The lowest BCUT2D eigenvalue weighted by molar-refractivity contribution is -0.140. The summed E-state index contributed by atoms with van der Waals surface area (Å²) in [6, 6.07) is 0. The highest BCUT2D eigenvalue weighted by atomic mass is 32.1.